The number of hydrogen-bond acceptors (Lipinski definition) is 6. The van der Waals surface area contributed by atoms with Gasteiger partial charge >= 0.3 is 5.97 Å². The van der Waals surface area contributed by atoms with Crippen molar-refractivity contribution in [3.63, 3.8) is 0 Å². The average molecular weight is 419 g/mol. The van der Waals surface area contributed by atoms with E-state index in [-0.39, 0.29) is 11.3 Å². The summed E-state index contributed by atoms with van der Waals surface area (Å²) < 4.78 is 9.69. The number of ether oxygens (including phenoxy) is 2. The highest BCUT2D eigenvalue weighted by atomic mass is 16.6. The van der Waals surface area contributed by atoms with Crippen LogP contribution in [-0.4, -0.2) is 37.2 Å². The molecule has 1 heterocycles. The number of carbonyl (C=O) groups excluding carboxylic acids is 1. The van der Waals surface area contributed by atoms with E-state index in [2.05, 4.69) is 10.1 Å². The number of nitrogens with one attached hydrogen (secondary N) is 1. The normalized spacial score (nSPS) is 18.8. The van der Waals surface area contributed by atoms with Gasteiger partial charge in [0, 0.05) is 11.3 Å². The second-order valence-corrected chi connectivity index (χ2v) is 5.74. The van der Waals surface area contributed by atoms with Gasteiger partial charge in [0.1, 0.15) is 17.8 Å². The highest BCUT2D eigenvalue weighted by molar-refractivity contribution is 5.76. The number of methoxy groups -OCH3 is 2. The van der Waals surface area contributed by atoms with E-state index in [9.17, 15) is 14.9 Å². The highest BCUT2D eigenvalue weighted by Crippen LogP contribution is 2.30. The quantitative estimate of drug-likeness (QED) is 0.441. The van der Waals surface area contributed by atoms with Crippen molar-refractivity contribution in [3.8, 4) is 5.75 Å². The molecule has 166 valence electrons. The molecule has 0 bridgehead atoms. The topological polar surface area (TPSA) is 90.7 Å². The van der Waals surface area contributed by atoms with Crippen LogP contribution in [0.2, 0.25) is 0 Å². The maximum atomic E-state index is 11.5. The van der Waals surface area contributed by atoms with Crippen LogP contribution in [0, 0.1) is 10.1 Å². The Kier molecular flexibility index (Phi) is 14.4. The van der Waals surface area contributed by atoms with Gasteiger partial charge in [-0.2, -0.15) is 0 Å². The predicted molar refractivity (Wildman–Crippen MR) is 119 cm³/mol. The molecule has 7 nitrogen and oxygen atoms in total. The minimum atomic E-state index is -0.854. The van der Waals surface area contributed by atoms with Gasteiger partial charge in [-0.3, -0.25) is 20.2 Å². The van der Waals surface area contributed by atoms with E-state index in [0.717, 1.165) is 5.56 Å². The van der Waals surface area contributed by atoms with Crippen LogP contribution >= 0.6 is 0 Å². The summed E-state index contributed by atoms with van der Waals surface area (Å²) in [6.07, 6.45) is 0.121. The Labute approximate surface area is 179 Å². The molecule has 2 aromatic rings. The lowest BCUT2D eigenvalue weighted by atomic mass is 10.0. The molecule has 0 amide bonds. The third-order valence-electron chi connectivity index (χ3n) is 4.14. The smallest absolute Gasteiger partial charge is 0.323 e. The molecule has 1 saturated heterocycles. The summed E-state index contributed by atoms with van der Waals surface area (Å²) in [4.78, 5) is 22.3. The number of carbonyl (C=O) groups is 1. The van der Waals surface area contributed by atoms with Gasteiger partial charge in [0.2, 0.25) is 6.04 Å². The van der Waals surface area contributed by atoms with Crippen molar-refractivity contribution in [2.45, 2.75) is 52.2 Å². The minimum absolute atomic E-state index is 0.121. The Morgan fingerprint density at radius 1 is 0.967 bits per heavy atom. The van der Waals surface area contributed by atoms with Crippen LogP contribution in [0.3, 0.4) is 0 Å². The number of hydrogen-bond donors (Lipinski definition) is 1. The molecule has 1 aliphatic rings. The number of nitro groups is 1. The van der Waals surface area contributed by atoms with Gasteiger partial charge in [-0.05, 0) is 17.7 Å². The predicted octanol–water partition coefficient (Wildman–Crippen LogP) is 4.66. The molecule has 0 spiro atoms. The van der Waals surface area contributed by atoms with Gasteiger partial charge in [0.15, 0.2) is 0 Å². The summed E-state index contributed by atoms with van der Waals surface area (Å²) in [6.45, 7) is 8.00. The SMILES string of the molecule is CC.CC.COC(=O)C1CC([N+](=O)[O-])C(c2ccc(OC)cc2)N1.c1ccccc1. The van der Waals surface area contributed by atoms with E-state index in [1.165, 1.54) is 7.11 Å². The van der Waals surface area contributed by atoms with Crippen molar-refractivity contribution in [1.29, 1.82) is 0 Å². The van der Waals surface area contributed by atoms with Crippen LogP contribution in [0.15, 0.2) is 60.7 Å². The Morgan fingerprint density at radius 2 is 1.43 bits per heavy atom. The van der Waals surface area contributed by atoms with Crippen molar-refractivity contribution in [2.75, 3.05) is 14.2 Å². The summed E-state index contributed by atoms with van der Waals surface area (Å²) in [5, 5.41) is 14.1. The lowest BCUT2D eigenvalue weighted by molar-refractivity contribution is -0.524. The fourth-order valence-corrected chi connectivity index (χ4v) is 2.80. The van der Waals surface area contributed by atoms with E-state index in [1.54, 1.807) is 31.4 Å². The number of esters is 1. The first-order chi connectivity index (χ1) is 14.6. The van der Waals surface area contributed by atoms with Crippen molar-refractivity contribution in [3.05, 3.63) is 76.3 Å². The monoisotopic (exact) mass is 418 g/mol. The Bertz CT molecular complexity index is 681. The largest absolute Gasteiger partial charge is 0.497 e. The first-order valence-corrected chi connectivity index (χ1v) is 10.2. The van der Waals surface area contributed by atoms with Crippen LogP contribution in [0.25, 0.3) is 0 Å². The summed E-state index contributed by atoms with van der Waals surface area (Å²) >= 11 is 0. The molecule has 1 aliphatic heterocycles. The van der Waals surface area contributed by atoms with Gasteiger partial charge in [0.05, 0.1) is 14.2 Å². The lowest BCUT2D eigenvalue weighted by Gasteiger charge is -2.14. The number of benzene rings is 2. The van der Waals surface area contributed by atoms with Crippen LogP contribution in [0.5, 0.6) is 5.75 Å². The number of nitrogens with zero attached hydrogens (tertiary/aromatic N) is 1. The van der Waals surface area contributed by atoms with E-state index in [1.807, 2.05) is 64.1 Å². The van der Waals surface area contributed by atoms with Crippen molar-refractivity contribution >= 4 is 5.97 Å². The average Bonchev–Trinajstić information content (AvgIpc) is 3.29. The van der Waals surface area contributed by atoms with Gasteiger partial charge in [-0.15, -0.1) is 0 Å². The van der Waals surface area contributed by atoms with Crippen LogP contribution in [-0.2, 0) is 9.53 Å². The first-order valence-electron chi connectivity index (χ1n) is 10.2. The van der Waals surface area contributed by atoms with Crippen LogP contribution in [0.4, 0.5) is 0 Å². The molecule has 1 N–H and O–H groups in total. The molecule has 1 fully saturated rings. The van der Waals surface area contributed by atoms with Gasteiger partial charge in [-0.1, -0.05) is 76.2 Å². The fourth-order valence-electron chi connectivity index (χ4n) is 2.80. The van der Waals surface area contributed by atoms with Gasteiger partial charge in [-0.25, -0.2) is 0 Å². The van der Waals surface area contributed by atoms with E-state index in [0.29, 0.717) is 5.75 Å². The Balaban J connectivity index is 0.000000702. The summed E-state index contributed by atoms with van der Waals surface area (Å²) in [5.74, 6) is 0.196. The van der Waals surface area contributed by atoms with E-state index < -0.39 is 24.1 Å². The maximum absolute atomic E-state index is 11.5. The number of rotatable bonds is 4. The molecule has 0 aromatic heterocycles. The second-order valence-electron chi connectivity index (χ2n) is 5.74. The van der Waals surface area contributed by atoms with Crippen molar-refractivity contribution in [1.82, 2.24) is 5.32 Å². The molecule has 0 saturated carbocycles. The molecule has 3 rings (SSSR count). The van der Waals surface area contributed by atoms with Gasteiger partial charge in [0.25, 0.3) is 0 Å². The molecule has 3 atom stereocenters. The summed E-state index contributed by atoms with van der Waals surface area (Å²) in [7, 11) is 2.82. The summed E-state index contributed by atoms with van der Waals surface area (Å²) in [5.41, 5.74) is 0.749. The molecular formula is C23H34N2O5. The molecule has 0 radical (unpaired) electrons. The molecule has 3 unspecified atom stereocenters. The van der Waals surface area contributed by atoms with E-state index >= 15 is 0 Å². The fraction of sp³-hybridized carbons (Fsp3) is 0.435. The standard InChI is InChI=1S/C13H16N2O5.C6H6.2C2H6/c1-19-9-5-3-8(4-6-9)12-11(15(17)18)7-10(14-12)13(16)20-2;1-2-4-6-5-3-1;2*1-2/h3-6,10-12,14H,7H2,1-2H3;1-6H;2*1-2H3. The molecule has 30 heavy (non-hydrogen) atoms. The lowest BCUT2D eigenvalue weighted by Crippen LogP contribution is -2.33. The second kappa shape index (κ2) is 15.9. The highest BCUT2D eigenvalue weighted by Gasteiger charge is 2.45. The molecule has 2 aromatic carbocycles. The van der Waals surface area contributed by atoms with Gasteiger partial charge < -0.3 is 9.47 Å². The zero-order chi connectivity index (χ0) is 22.9. The zero-order valence-electron chi connectivity index (χ0n) is 18.7. The van der Waals surface area contributed by atoms with Crippen LogP contribution in [0.1, 0.15) is 45.7 Å². The Morgan fingerprint density at radius 3 is 1.80 bits per heavy atom. The van der Waals surface area contributed by atoms with Crippen molar-refractivity contribution in [2.24, 2.45) is 0 Å². The third-order valence-corrected chi connectivity index (χ3v) is 4.14. The Hall–Kier alpha value is -2.93. The first kappa shape index (κ1) is 27.1. The third kappa shape index (κ3) is 8.61. The molecular weight excluding hydrogens is 384 g/mol. The zero-order valence-corrected chi connectivity index (χ0v) is 18.7. The molecule has 0 aliphatic carbocycles. The van der Waals surface area contributed by atoms with E-state index in [4.69, 9.17) is 4.74 Å². The minimum Gasteiger partial charge on any atom is -0.497 e. The van der Waals surface area contributed by atoms with Crippen molar-refractivity contribution < 1.29 is 19.2 Å². The van der Waals surface area contributed by atoms with Crippen LogP contribution < -0.4 is 10.1 Å². The molecule has 7 heteroatoms. The maximum Gasteiger partial charge on any atom is 0.323 e. The summed E-state index contributed by atoms with van der Waals surface area (Å²) in [6, 6.07) is 17.0.